The third kappa shape index (κ3) is 47.0. The summed E-state index contributed by atoms with van der Waals surface area (Å²) >= 11 is 0. The third-order valence-corrected chi connectivity index (χ3v) is 12.1. The molecule has 70 heavy (non-hydrogen) atoms. The Bertz CT molecular complexity index is 1370. The molecule has 0 radical (unpaired) electrons. The molecule has 0 saturated carbocycles. The van der Waals surface area contributed by atoms with E-state index < -0.39 is 12.1 Å². The first kappa shape index (κ1) is 66.6. The minimum absolute atomic E-state index is 0.166. The van der Waals surface area contributed by atoms with Crippen molar-refractivity contribution in [2.75, 3.05) is 13.2 Å². The summed E-state index contributed by atoms with van der Waals surface area (Å²) in [7, 11) is 0. The Morgan fingerprint density at radius 3 is 1.04 bits per heavy atom. The maximum absolute atomic E-state index is 12.9. The van der Waals surface area contributed by atoms with E-state index in [9.17, 15) is 19.6 Å². The van der Waals surface area contributed by atoms with Crippen molar-refractivity contribution in [2.24, 2.45) is 0 Å². The van der Waals surface area contributed by atoms with Gasteiger partial charge in [0.25, 0.3) is 0 Å². The van der Waals surface area contributed by atoms with E-state index in [1.807, 2.05) is 54.7 Å². The Hall–Kier alpha value is -3.39. The number of hydrogen-bond donors (Lipinski definition) is 3. The molecule has 0 bridgehead atoms. The second-order valence-electron chi connectivity index (χ2n) is 18.6. The van der Waals surface area contributed by atoms with Crippen LogP contribution in [0.25, 0.3) is 0 Å². The van der Waals surface area contributed by atoms with Crippen molar-refractivity contribution < 1.29 is 59.0 Å². The molecule has 0 fully saturated rings. The molecule has 0 aromatic rings. The predicted octanol–water partition coefficient (Wildman–Crippen LogP) is 16.2. The summed E-state index contributed by atoms with van der Waals surface area (Å²) in [6.45, 7) is 6.16. The van der Waals surface area contributed by atoms with Crippen LogP contribution in [0, 0.1) is 0 Å². The van der Waals surface area contributed by atoms with Crippen molar-refractivity contribution in [1.82, 2.24) is 0 Å². The van der Waals surface area contributed by atoms with Gasteiger partial charge >= 0.3 is 17.9 Å². The molecule has 0 aliphatic heterocycles. The number of hydrogen-bond acceptors (Lipinski definition) is 12. The topological polar surface area (TPSA) is 167 Å². The van der Waals surface area contributed by atoms with E-state index in [1.165, 1.54) is 25.7 Å². The molecule has 0 unspecified atom stereocenters. The lowest BCUT2D eigenvalue weighted by Crippen LogP contribution is -2.30. The van der Waals surface area contributed by atoms with Crippen LogP contribution in [0.2, 0.25) is 0 Å². The van der Waals surface area contributed by atoms with Gasteiger partial charge in [0.05, 0.1) is 0 Å². The first-order valence-electron chi connectivity index (χ1n) is 27.7. The minimum Gasteiger partial charge on any atom is -0.462 e. The maximum Gasteiger partial charge on any atom is 0.306 e. The van der Waals surface area contributed by atoms with Gasteiger partial charge in [-0.3, -0.25) is 30.2 Å². The van der Waals surface area contributed by atoms with Crippen LogP contribution in [0.5, 0.6) is 0 Å². The van der Waals surface area contributed by atoms with Crippen LogP contribution >= 0.6 is 0 Å². The van der Waals surface area contributed by atoms with E-state index in [1.54, 1.807) is 0 Å². The molecule has 4 atom stereocenters. The first-order chi connectivity index (χ1) is 34.3. The quantitative estimate of drug-likeness (QED) is 0.0132. The highest BCUT2D eigenvalue weighted by molar-refractivity contribution is 5.71. The Labute approximate surface area is 425 Å². The van der Waals surface area contributed by atoms with Crippen LogP contribution < -0.4 is 0 Å². The molecule has 0 aliphatic rings. The SMILES string of the molecule is CCCCCC/C=C\C=C\[C@H](CCCCCCCC(=O)OC[C@@H](COC(=O)CCCCCCC/C=C\C=C\[C@@H](CCCCC)OO)OC(=O)CCCCCCC/C=C\C=C\[C@@H](CCCCC)OO)OO. The zero-order chi connectivity index (χ0) is 51.2. The van der Waals surface area contributed by atoms with Crippen molar-refractivity contribution in [2.45, 2.75) is 263 Å². The highest BCUT2D eigenvalue weighted by Crippen LogP contribution is 2.15. The monoisotopic (exact) mass is 989 g/mol. The van der Waals surface area contributed by atoms with Crippen LogP contribution in [0.15, 0.2) is 72.9 Å². The lowest BCUT2D eigenvalue weighted by molar-refractivity contribution is -0.267. The molecule has 0 heterocycles. The fourth-order valence-corrected chi connectivity index (χ4v) is 7.67. The highest BCUT2D eigenvalue weighted by Gasteiger charge is 2.20. The number of carbonyl (C=O) groups is 3. The zero-order valence-electron chi connectivity index (χ0n) is 44.2. The van der Waals surface area contributed by atoms with Gasteiger partial charge in [-0.1, -0.05) is 216 Å². The van der Waals surface area contributed by atoms with Crippen molar-refractivity contribution in [1.29, 1.82) is 0 Å². The molecule has 0 saturated heterocycles. The maximum atomic E-state index is 12.9. The molecule has 12 heteroatoms. The van der Waals surface area contributed by atoms with Gasteiger partial charge in [0, 0.05) is 19.3 Å². The Morgan fingerprint density at radius 1 is 0.371 bits per heavy atom. The second-order valence-corrected chi connectivity index (χ2v) is 18.6. The summed E-state index contributed by atoms with van der Waals surface area (Å²) in [4.78, 5) is 51.9. The molecule has 0 aromatic carbocycles. The summed E-state index contributed by atoms with van der Waals surface area (Å²) in [5.41, 5.74) is 0. The van der Waals surface area contributed by atoms with E-state index in [4.69, 9.17) is 24.7 Å². The summed E-state index contributed by atoms with van der Waals surface area (Å²) in [6, 6.07) is 0. The molecule has 0 aliphatic carbocycles. The highest BCUT2D eigenvalue weighted by atomic mass is 17.1. The molecule has 0 amide bonds. The van der Waals surface area contributed by atoms with Crippen molar-refractivity contribution in [3.05, 3.63) is 72.9 Å². The Balaban J connectivity index is 4.70. The summed E-state index contributed by atoms with van der Waals surface area (Å²) < 4.78 is 16.7. The Kier molecular flexibility index (Phi) is 50.8. The fourth-order valence-electron chi connectivity index (χ4n) is 7.67. The van der Waals surface area contributed by atoms with Crippen LogP contribution in [-0.2, 0) is 43.3 Å². The van der Waals surface area contributed by atoms with E-state index in [0.717, 1.165) is 148 Å². The molecular formula is C58H100O12. The van der Waals surface area contributed by atoms with Gasteiger partial charge in [0.1, 0.15) is 31.5 Å². The van der Waals surface area contributed by atoms with Crippen LogP contribution in [0.4, 0.5) is 0 Å². The van der Waals surface area contributed by atoms with Gasteiger partial charge in [0.15, 0.2) is 6.10 Å². The molecule has 0 aromatic heterocycles. The third-order valence-electron chi connectivity index (χ3n) is 12.1. The molecule has 3 N–H and O–H groups in total. The largest absolute Gasteiger partial charge is 0.462 e. The van der Waals surface area contributed by atoms with Crippen molar-refractivity contribution in [3.63, 3.8) is 0 Å². The van der Waals surface area contributed by atoms with Crippen LogP contribution in [0.1, 0.15) is 239 Å². The average molecular weight is 989 g/mol. The number of unbranched alkanes of at least 4 members (excludes halogenated alkanes) is 22. The molecule has 0 spiro atoms. The summed E-state index contributed by atoms with van der Waals surface area (Å²) in [5, 5.41) is 27.4. The Morgan fingerprint density at radius 2 is 0.671 bits per heavy atom. The van der Waals surface area contributed by atoms with E-state index >= 15 is 0 Å². The van der Waals surface area contributed by atoms with Gasteiger partial charge in [-0.25, -0.2) is 14.7 Å². The number of rotatable bonds is 51. The minimum atomic E-state index is -0.875. The fraction of sp³-hybridized carbons (Fsp3) is 0.741. The molecule has 12 nitrogen and oxygen atoms in total. The number of carbonyl (C=O) groups excluding carboxylic acids is 3. The lowest BCUT2D eigenvalue weighted by atomic mass is 10.1. The summed E-state index contributed by atoms with van der Waals surface area (Å²) in [6.07, 6.45) is 53.2. The average Bonchev–Trinajstić information content (AvgIpc) is 3.36. The van der Waals surface area contributed by atoms with Crippen molar-refractivity contribution >= 4 is 17.9 Å². The van der Waals surface area contributed by atoms with Gasteiger partial charge in [-0.15, -0.1) is 0 Å². The number of ether oxygens (including phenoxy) is 3. The predicted molar refractivity (Wildman–Crippen MR) is 283 cm³/mol. The van der Waals surface area contributed by atoms with Crippen molar-refractivity contribution in [3.8, 4) is 0 Å². The molecule has 0 rings (SSSR count). The number of esters is 3. The number of allylic oxidation sites excluding steroid dienone is 9. The molecular weight excluding hydrogens is 889 g/mol. The van der Waals surface area contributed by atoms with E-state index in [0.29, 0.717) is 25.7 Å². The van der Waals surface area contributed by atoms with Gasteiger partial charge in [-0.2, -0.15) is 0 Å². The van der Waals surface area contributed by atoms with Crippen LogP contribution in [-0.4, -0.2) is 71.3 Å². The second kappa shape index (κ2) is 53.4. The van der Waals surface area contributed by atoms with Crippen LogP contribution in [0.3, 0.4) is 0 Å². The zero-order valence-corrected chi connectivity index (χ0v) is 44.2. The van der Waals surface area contributed by atoms with Gasteiger partial charge in [-0.05, 0) is 77.0 Å². The van der Waals surface area contributed by atoms with E-state index in [-0.39, 0.29) is 62.7 Å². The lowest BCUT2D eigenvalue weighted by Gasteiger charge is -2.18. The normalized spacial score (nSPS) is 14.0. The first-order valence-corrected chi connectivity index (χ1v) is 27.7. The molecule has 404 valence electrons. The standard InChI is InChI=1S/C58H100O12/c1-4-7-10-11-12-19-25-36-45-54(70-64)46-37-28-24-31-39-48-57(60)66-51-55(67-58(61)49-40-30-23-18-14-16-21-27-35-44-53(69-63)42-33-9-6-3)50-65-56(59)47-38-29-22-17-13-15-20-26-34-43-52(68-62)41-32-8-5-2/h19-21,25-27,34-36,43-45,52-55,62-64H,4-18,22-24,28-33,37-42,46-51H2,1-3H3/b25-19-,26-20-,27-21-,43-34+,44-35+,45-36+/t52-,53-,54-,55-/m1/s1. The van der Waals surface area contributed by atoms with E-state index in [2.05, 4.69) is 53.7 Å². The van der Waals surface area contributed by atoms with Gasteiger partial charge < -0.3 is 14.2 Å². The smallest absolute Gasteiger partial charge is 0.306 e. The van der Waals surface area contributed by atoms with Gasteiger partial charge in [0.2, 0.25) is 0 Å². The summed E-state index contributed by atoms with van der Waals surface area (Å²) in [5.74, 6) is -1.14.